The van der Waals surface area contributed by atoms with E-state index in [1.54, 1.807) is 0 Å². The van der Waals surface area contributed by atoms with E-state index < -0.39 is 0 Å². The second-order valence-corrected chi connectivity index (χ2v) is 5.26. The summed E-state index contributed by atoms with van der Waals surface area (Å²) < 4.78 is 6.23. The van der Waals surface area contributed by atoms with Gasteiger partial charge in [-0.15, -0.1) is 0 Å². The third kappa shape index (κ3) is 3.49. The molecule has 1 saturated carbocycles. The lowest BCUT2D eigenvalue weighted by molar-refractivity contribution is 0.206. The van der Waals surface area contributed by atoms with Gasteiger partial charge in [0.15, 0.2) is 0 Å². The number of ether oxygens (including phenoxy) is 1. The van der Waals surface area contributed by atoms with Crippen LogP contribution in [0.3, 0.4) is 0 Å². The molecule has 100 valence electrons. The van der Waals surface area contributed by atoms with E-state index in [9.17, 15) is 0 Å². The van der Waals surface area contributed by atoms with Crippen LogP contribution in [0.2, 0.25) is 0 Å². The van der Waals surface area contributed by atoms with E-state index in [2.05, 4.69) is 37.4 Å². The molecule has 18 heavy (non-hydrogen) atoms. The van der Waals surface area contributed by atoms with Gasteiger partial charge < -0.3 is 10.1 Å². The van der Waals surface area contributed by atoms with Gasteiger partial charge in [0.1, 0.15) is 5.75 Å². The van der Waals surface area contributed by atoms with Crippen LogP contribution in [0.25, 0.3) is 0 Å². The van der Waals surface area contributed by atoms with E-state index in [1.165, 1.54) is 43.2 Å². The second kappa shape index (κ2) is 6.79. The molecule has 1 aliphatic carbocycles. The summed E-state index contributed by atoms with van der Waals surface area (Å²) >= 11 is 0. The number of aryl methyl sites for hydroxylation is 1. The van der Waals surface area contributed by atoms with Crippen LogP contribution in [0.5, 0.6) is 5.75 Å². The van der Waals surface area contributed by atoms with Gasteiger partial charge in [-0.1, -0.05) is 25.1 Å². The number of hydrogen-bond acceptors (Lipinski definition) is 2. The maximum Gasteiger partial charge on any atom is 0.127 e. The van der Waals surface area contributed by atoms with E-state index in [0.29, 0.717) is 6.10 Å². The Morgan fingerprint density at radius 2 is 2.06 bits per heavy atom. The predicted octanol–water partition coefficient (Wildman–Crippen LogP) is 3.82. The summed E-state index contributed by atoms with van der Waals surface area (Å²) in [5, 5.41) is 3.46. The molecule has 0 amide bonds. The first-order chi connectivity index (χ1) is 8.81. The molecule has 0 heterocycles. The molecular weight excluding hydrogens is 222 g/mol. The van der Waals surface area contributed by atoms with Crippen LogP contribution < -0.4 is 10.1 Å². The van der Waals surface area contributed by atoms with Gasteiger partial charge in [0.25, 0.3) is 0 Å². The minimum atomic E-state index is 0.441. The van der Waals surface area contributed by atoms with Gasteiger partial charge in [-0.25, -0.2) is 0 Å². The van der Waals surface area contributed by atoms with Crippen molar-refractivity contribution in [3.8, 4) is 5.75 Å². The van der Waals surface area contributed by atoms with Gasteiger partial charge in [-0.05, 0) is 51.1 Å². The molecule has 1 aromatic carbocycles. The molecule has 0 aliphatic heterocycles. The zero-order chi connectivity index (χ0) is 12.8. The second-order valence-electron chi connectivity index (χ2n) is 5.26. The summed E-state index contributed by atoms with van der Waals surface area (Å²) in [7, 11) is 0. The molecule has 2 nitrogen and oxygen atoms in total. The SMILES string of the molecule is CCCNCc1cccc(C)c1OC1CCCC1. The number of nitrogens with one attached hydrogen (secondary N) is 1. The number of benzene rings is 1. The van der Waals surface area contributed by atoms with Crippen LogP contribution in [0.4, 0.5) is 0 Å². The average Bonchev–Trinajstić information content (AvgIpc) is 2.86. The lowest BCUT2D eigenvalue weighted by Crippen LogP contribution is -2.17. The minimum absolute atomic E-state index is 0.441. The minimum Gasteiger partial charge on any atom is -0.490 e. The molecule has 0 unspecified atom stereocenters. The van der Waals surface area contributed by atoms with Crippen LogP contribution >= 0.6 is 0 Å². The Kier molecular flexibility index (Phi) is 5.06. The average molecular weight is 247 g/mol. The zero-order valence-corrected chi connectivity index (χ0v) is 11.7. The maximum atomic E-state index is 6.23. The van der Waals surface area contributed by atoms with Gasteiger partial charge in [0.05, 0.1) is 6.10 Å². The Morgan fingerprint density at radius 3 is 2.78 bits per heavy atom. The monoisotopic (exact) mass is 247 g/mol. The quantitative estimate of drug-likeness (QED) is 0.772. The smallest absolute Gasteiger partial charge is 0.127 e. The van der Waals surface area contributed by atoms with Crippen molar-refractivity contribution in [1.82, 2.24) is 5.32 Å². The molecule has 0 bridgehead atoms. The van der Waals surface area contributed by atoms with E-state index in [1.807, 2.05) is 0 Å². The highest BCUT2D eigenvalue weighted by Gasteiger charge is 2.18. The molecule has 0 spiro atoms. The largest absolute Gasteiger partial charge is 0.490 e. The number of para-hydroxylation sites is 1. The standard InChI is InChI=1S/C16H25NO/c1-3-11-17-12-14-8-6-7-13(2)16(14)18-15-9-4-5-10-15/h6-8,15,17H,3-5,9-12H2,1-2H3. The highest BCUT2D eigenvalue weighted by atomic mass is 16.5. The van der Waals surface area contributed by atoms with Crippen LogP contribution in [0.1, 0.15) is 50.2 Å². The Labute approximate surface area is 111 Å². The molecule has 0 aromatic heterocycles. The van der Waals surface area contributed by atoms with Crippen molar-refractivity contribution < 1.29 is 4.74 Å². The lowest BCUT2D eigenvalue weighted by atomic mass is 10.1. The van der Waals surface area contributed by atoms with Crippen LogP contribution in [0, 0.1) is 6.92 Å². The molecule has 0 radical (unpaired) electrons. The van der Waals surface area contributed by atoms with Crippen LogP contribution in [-0.4, -0.2) is 12.6 Å². The summed E-state index contributed by atoms with van der Waals surface area (Å²) in [5.41, 5.74) is 2.56. The van der Waals surface area contributed by atoms with E-state index in [-0.39, 0.29) is 0 Å². The Hall–Kier alpha value is -1.02. The van der Waals surface area contributed by atoms with Crippen LogP contribution in [-0.2, 0) is 6.54 Å². The molecule has 2 heteroatoms. The van der Waals surface area contributed by atoms with Gasteiger partial charge in [0.2, 0.25) is 0 Å². The number of hydrogen-bond donors (Lipinski definition) is 1. The third-order valence-corrected chi connectivity index (χ3v) is 3.62. The zero-order valence-electron chi connectivity index (χ0n) is 11.7. The Balaban J connectivity index is 2.05. The molecule has 1 aliphatic rings. The van der Waals surface area contributed by atoms with Crippen molar-refractivity contribution >= 4 is 0 Å². The third-order valence-electron chi connectivity index (χ3n) is 3.62. The molecule has 0 saturated heterocycles. The summed E-state index contributed by atoms with van der Waals surface area (Å²) in [5.74, 6) is 1.12. The van der Waals surface area contributed by atoms with Crippen LogP contribution in [0.15, 0.2) is 18.2 Å². The van der Waals surface area contributed by atoms with Gasteiger partial charge >= 0.3 is 0 Å². The normalized spacial score (nSPS) is 16.1. The van der Waals surface area contributed by atoms with Gasteiger partial charge in [-0.2, -0.15) is 0 Å². The van der Waals surface area contributed by atoms with Crippen molar-refractivity contribution in [2.45, 2.75) is 58.6 Å². The van der Waals surface area contributed by atoms with E-state index >= 15 is 0 Å². The van der Waals surface area contributed by atoms with Crippen molar-refractivity contribution in [2.24, 2.45) is 0 Å². The Morgan fingerprint density at radius 1 is 1.28 bits per heavy atom. The molecule has 1 fully saturated rings. The van der Waals surface area contributed by atoms with Crippen molar-refractivity contribution in [1.29, 1.82) is 0 Å². The summed E-state index contributed by atoms with van der Waals surface area (Å²) in [4.78, 5) is 0. The molecule has 1 aromatic rings. The van der Waals surface area contributed by atoms with Crippen molar-refractivity contribution in [3.05, 3.63) is 29.3 Å². The summed E-state index contributed by atoms with van der Waals surface area (Å²) in [6.45, 7) is 6.32. The highest BCUT2D eigenvalue weighted by Crippen LogP contribution is 2.29. The van der Waals surface area contributed by atoms with E-state index in [4.69, 9.17) is 4.74 Å². The fourth-order valence-corrected chi connectivity index (χ4v) is 2.59. The lowest BCUT2D eigenvalue weighted by Gasteiger charge is -2.19. The Bertz CT molecular complexity index is 369. The fraction of sp³-hybridized carbons (Fsp3) is 0.625. The molecular formula is C16H25NO. The predicted molar refractivity (Wildman–Crippen MR) is 76.1 cm³/mol. The van der Waals surface area contributed by atoms with Crippen molar-refractivity contribution in [2.75, 3.05) is 6.54 Å². The molecule has 2 rings (SSSR count). The summed E-state index contributed by atoms with van der Waals surface area (Å²) in [6.07, 6.45) is 6.69. The van der Waals surface area contributed by atoms with Crippen molar-refractivity contribution in [3.63, 3.8) is 0 Å². The van der Waals surface area contributed by atoms with Gasteiger partial charge in [-0.3, -0.25) is 0 Å². The number of rotatable bonds is 6. The molecule has 1 N–H and O–H groups in total. The first-order valence-electron chi connectivity index (χ1n) is 7.27. The molecule has 0 atom stereocenters. The van der Waals surface area contributed by atoms with Gasteiger partial charge in [0, 0.05) is 12.1 Å². The maximum absolute atomic E-state index is 6.23. The fourth-order valence-electron chi connectivity index (χ4n) is 2.59. The van der Waals surface area contributed by atoms with E-state index in [0.717, 1.165) is 18.8 Å². The first kappa shape index (κ1) is 13.4. The topological polar surface area (TPSA) is 21.3 Å². The first-order valence-corrected chi connectivity index (χ1v) is 7.27. The highest BCUT2D eigenvalue weighted by molar-refractivity contribution is 5.40. The summed E-state index contributed by atoms with van der Waals surface area (Å²) in [6, 6.07) is 6.45.